The molecule has 0 spiro atoms. The van der Waals surface area contributed by atoms with E-state index in [1.807, 2.05) is 30.3 Å². The Kier molecular flexibility index (Phi) is 11.8. The summed E-state index contributed by atoms with van der Waals surface area (Å²) >= 11 is 0. The third-order valence-electron chi connectivity index (χ3n) is 12.5. The Morgan fingerprint density at radius 2 is 0.806 bits per heavy atom. The lowest BCUT2D eigenvalue weighted by atomic mass is 9.72. The maximum absolute atomic E-state index is 15.2. The van der Waals surface area contributed by atoms with Crippen molar-refractivity contribution in [3.63, 3.8) is 0 Å². The lowest BCUT2D eigenvalue weighted by molar-refractivity contribution is 0.103. The summed E-state index contributed by atoms with van der Waals surface area (Å²) in [4.78, 5) is 50.2. The average Bonchev–Trinajstić information content (AvgIpc) is 3.12. The minimum absolute atomic E-state index is 0.0182. The molecule has 0 radical (unpaired) electrons. The van der Waals surface area contributed by atoms with Gasteiger partial charge in [0.2, 0.25) is 0 Å². The molecule has 0 saturated carbocycles. The highest BCUT2D eigenvalue weighted by Crippen LogP contribution is 2.53. The van der Waals surface area contributed by atoms with Gasteiger partial charge in [-0.05, 0) is 135 Å². The molecule has 0 bridgehead atoms. The zero-order valence-corrected chi connectivity index (χ0v) is 41.8. The smallest absolute Gasteiger partial charge is 0.289 e. The minimum Gasteiger partial charge on any atom is -0.289 e. The predicted octanol–water partition coefficient (Wildman–Crippen LogP) is 14.7. The van der Waals surface area contributed by atoms with Crippen molar-refractivity contribution in [1.29, 1.82) is 0 Å². The average molecular weight is 852 g/mol. The first-order valence-corrected chi connectivity index (χ1v) is 23.9. The molecule has 0 aliphatic carbocycles. The highest BCUT2D eigenvalue weighted by molar-refractivity contribution is 7.67. The maximum atomic E-state index is 15.2. The van der Waals surface area contributed by atoms with E-state index in [2.05, 4.69) is 173 Å². The molecule has 328 valence electrons. The second-order valence-corrected chi connectivity index (χ2v) is 25.5. The van der Waals surface area contributed by atoms with E-state index in [4.69, 9.17) is 0 Å². The van der Waals surface area contributed by atoms with Crippen LogP contribution >= 0.6 is 7.94 Å². The number of carbonyl (C=O) groups excluding carboxylic acids is 1. The van der Waals surface area contributed by atoms with Crippen molar-refractivity contribution < 1.29 is 19.5 Å². The van der Waals surface area contributed by atoms with Gasteiger partial charge in [-0.25, -0.2) is 0 Å². The zero-order chi connectivity index (χ0) is 46.5. The van der Waals surface area contributed by atoms with E-state index in [1.165, 1.54) is 22.3 Å². The summed E-state index contributed by atoms with van der Waals surface area (Å²) in [5.41, 5.74) is 8.85. The van der Waals surface area contributed by atoms with E-state index < -0.39 is 18.8 Å². The molecule has 0 fully saturated rings. The van der Waals surface area contributed by atoms with Gasteiger partial charge < -0.3 is 0 Å². The molecule has 0 aliphatic heterocycles. The van der Waals surface area contributed by atoms with Gasteiger partial charge in [0.15, 0.2) is 11.1 Å². The largest absolute Gasteiger partial charge is 0.441 e. The van der Waals surface area contributed by atoms with Crippen molar-refractivity contribution >= 4 is 40.6 Å². The van der Waals surface area contributed by atoms with Gasteiger partial charge in [-0.1, -0.05) is 179 Å². The van der Waals surface area contributed by atoms with Crippen LogP contribution in [0, 0.1) is 0 Å². The molecule has 5 heteroatoms. The van der Waals surface area contributed by atoms with Crippen molar-refractivity contribution in [3.05, 3.63) is 136 Å². The molecular weight excluding hydrogens is 780 g/mol. The minimum atomic E-state index is -4.72. The predicted molar refractivity (Wildman–Crippen MR) is 268 cm³/mol. The molecule has 3 N–H and O–H groups in total. The number of ketones is 1. The first-order chi connectivity index (χ1) is 28.1. The quantitative estimate of drug-likeness (QED) is 0.119. The molecular formula is C57H72O4P+. The number of rotatable bonds is 5. The fourth-order valence-electron chi connectivity index (χ4n) is 8.91. The van der Waals surface area contributed by atoms with E-state index in [-0.39, 0.29) is 32.7 Å². The van der Waals surface area contributed by atoms with Crippen LogP contribution in [0.1, 0.15) is 174 Å². The standard InChI is InChI=1S/C57H72O4P/c1-52(2,3)37-26-35-28-44(54(7,8)9)42(32-40(35)46(30-37)56(13,14)15)49-39(51(58)34-22-20-19-21-23-34)24-25-48(62(59,60)61)50(49)43-33-41-36(29-45(43)55(10,11)12)27-38(53(4,5)6)31-47(41)57(16,17)18/h19-33,59-61H,1-18H3/q+1. The third-order valence-corrected chi connectivity index (χ3v) is 13.5. The van der Waals surface area contributed by atoms with Crippen molar-refractivity contribution in [3.8, 4) is 22.3 Å². The number of carbonyl (C=O) groups is 1. The van der Waals surface area contributed by atoms with Crippen LogP contribution in [-0.4, -0.2) is 20.5 Å². The van der Waals surface area contributed by atoms with Gasteiger partial charge in [0, 0.05) is 22.3 Å². The van der Waals surface area contributed by atoms with Gasteiger partial charge in [0.25, 0.3) is 0 Å². The molecule has 0 saturated heterocycles. The molecule has 6 aromatic rings. The van der Waals surface area contributed by atoms with Crippen LogP contribution < -0.4 is 5.30 Å². The van der Waals surface area contributed by atoms with E-state index in [1.54, 1.807) is 12.1 Å². The summed E-state index contributed by atoms with van der Waals surface area (Å²) in [6, 6.07) is 30.8. The Bertz CT molecular complexity index is 2710. The maximum Gasteiger partial charge on any atom is 0.441 e. The van der Waals surface area contributed by atoms with Crippen LogP contribution in [0.4, 0.5) is 0 Å². The van der Waals surface area contributed by atoms with Gasteiger partial charge in [0.05, 0.1) is 0 Å². The number of hydrogen-bond donors (Lipinski definition) is 3. The van der Waals surface area contributed by atoms with Crippen molar-refractivity contribution in [1.82, 2.24) is 0 Å². The molecule has 0 heterocycles. The summed E-state index contributed by atoms with van der Waals surface area (Å²) in [5, 5.41) is 4.34. The second kappa shape index (κ2) is 15.5. The van der Waals surface area contributed by atoms with Gasteiger partial charge in [0.1, 0.15) is 0 Å². The first-order valence-electron chi connectivity index (χ1n) is 22.2. The van der Waals surface area contributed by atoms with Gasteiger partial charge >= 0.3 is 7.94 Å². The highest BCUT2D eigenvalue weighted by Gasteiger charge is 2.42. The van der Waals surface area contributed by atoms with Crippen LogP contribution in [0.15, 0.2) is 91.0 Å². The Balaban J connectivity index is 1.97. The van der Waals surface area contributed by atoms with Crippen LogP contribution in [-0.2, 0) is 32.5 Å². The molecule has 0 aliphatic rings. The zero-order valence-electron chi connectivity index (χ0n) is 40.9. The van der Waals surface area contributed by atoms with Crippen LogP contribution in [0.25, 0.3) is 43.8 Å². The van der Waals surface area contributed by atoms with E-state index in [9.17, 15) is 14.7 Å². The molecule has 0 aromatic heterocycles. The lowest BCUT2D eigenvalue weighted by Crippen LogP contribution is -2.22. The summed E-state index contributed by atoms with van der Waals surface area (Å²) in [6.07, 6.45) is 0. The van der Waals surface area contributed by atoms with Crippen LogP contribution in [0.2, 0.25) is 0 Å². The first kappa shape index (κ1) is 47.3. The van der Waals surface area contributed by atoms with Gasteiger partial charge in [-0.15, -0.1) is 0 Å². The van der Waals surface area contributed by atoms with Gasteiger partial charge in [-0.2, -0.15) is 14.7 Å². The molecule has 6 rings (SSSR count). The second-order valence-electron chi connectivity index (χ2n) is 23.9. The lowest BCUT2D eigenvalue weighted by Gasteiger charge is -2.32. The fourth-order valence-corrected chi connectivity index (χ4v) is 9.72. The Hall–Kier alpha value is -4.18. The third kappa shape index (κ3) is 9.23. The summed E-state index contributed by atoms with van der Waals surface area (Å²) in [5.74, 6) is -0.187. The van der Waals surface area contributed by atoms with Gasteiger partial charge in [-0.3, -0.25) is 4.79 Å². The molecule has 62 heavy (non-hydrogen) atoms. The van der Waals surface area contributed by atoms with Crippen molar-refractivity contribution in [2.45, 2.75) is 157 Å². The molecule has 0 amide bonds. The molecule has 6 aromatic carbocycles. The Labute approximate surface area is 373 Å². The monoisotopic (exact) mass is 852 g/mol. The van der Waals surface area contributed by atoms with E-state index >= 15 is 4.79 Å². The Morgan fingerprint density at radius 1 is 0.419 bits per heavy atom. The normalized spacial score (nSPS) is 13.6. The van der Waals surface area contributed by atoms with Crippen molar-refractivity contribution in [2.24, 2.45) is 0 Å². The molecule has 0 unspecified atom stereocenters. The van der Waals surface area contributed by atoms with E-state index in [0.717, 1.165) is 43.8 Å². The summed E-state index contributed by atoms with van der Waals surface area (Å²) in [7, 11) is -4.72. The molecule has 4 nitrogen and oxygen atoms in total. The topological polar surface area (TPSA) is 77.8 Å². The fraction of sp³-hybridized carbons (Fsp3) is 0.421. The molecule has 0 atom stereocenters. The van der Waals surface area contributed by atoms with Crippen molar-refractivity contribution in [2.75, 3.05) is 0 Å². The van der Waals surface area contributed by atoms with Crippen LogP contribution in [0.5, 0.6) is 0 Å². The number of fused-ring (bicyclic) bond motifs is 2. The SMILES string of the molecule is CC(C)(C)c1cc(C(C)(C)C)c2cc(-c3c(C(=O)c4ccccc4)ccc([P+](O)(O)O)c3-c3cc4c(C(C)(C)C)cc(C(C)(C)C)cc4cc3C(C)(C)C)c(C(C)(C)C)cc2c1. The number of benzene rings is 6. The highest BCUT2D eigenvalue weighted by atomic mass is 31.2. The number of hydrogen-bond acceptors (Lipinski definition) is 4. The Morgan fingerprint density at radius 3 is 1.16 bits per heavy atom. The van der Waals surface area contributed by atoms with Crippen LogP contribution in [0.3, 0.4) is 0 Å². The van der Waals surface area contributed by atoms with E-state index in [0.29, 0.717) is 22.3 Å². The summed E-state index contributed by atoms with van der Waals surface area (Å²) < 4.78 is 0. The summed E-state index contributed by atoms with van der Waals surface area (Å²) in [6.45, 7) is 40.0.